The highest BCUT2D eigenvalue weighted by atomic mass is 19.1. The number of hydrogen-bond donors (Lipinski definition) is 1. The number of rotatable bonds is 5. The Hall–Kier alpha value is -3.13. The van der Waals surface area contributed by atoms with Crippen LogP contribution in [0.5, 0.6) is 5.75 Å². The molecule has 1 saturated carbocycles. The lowest BCUT2D eigenvalue weighted by atomic mass is 9.78. The zero-order valence-electron chi connectivity index (χ0n) is 16.9. The zero-order valence-corrected chi connectivity index (χ0v) is 16.9. The van der Waals surface area contributed by atoms with Crippen LogP contribution in [0.4, 0.5) is 4.39 Å². The van der Waals surface area contributed by atoms with Crippen molar-refractivity contribution in [1.29, 1.82) is 0 Å². The van der Waals surface area contributed by atoms with E-state index in [1.54, 1.807) is 30.7 Å². The van der Waals surface area contributed by atoms with Crippen molar-refractivity contribution in [2.24, 2.45) is 11.8 Å². The second kappa shape index (κ2) is 8.19. The van der Waals surface area contributed by atoms with E-state index < -0.39 is 6.10 Å². The maximum absolute atomic E-state index is 13.1. The number of furan rings is 1. The summed E-state index contributed by atoms with van der Waals surface area (Å²) in [5.74, 6) is 1.58. The molecular formula is C23H24FN3O4. The van der Waals surface area contributed by atoms with Gasteiger partial charge in [-0.2, -0.15) is 0 Å². The standard InChI is InChI=1S/C23H24FN3O4/c24-17-1-3-18(4-2-17)30-22-10-16-12-27(11-15(16)9-20(22)28)23(29)21-6-5-19(31-21)13-26-8-7-25-14-26/h1-8,14-16,20,22,28H,9-13H2/t15-,16+,20+,22+/m0/s1. The first-order valence-electron chi connectivity index (χ1n) is 10.5. The van der Waals surface area contributed by atoms with Crippen LogP contribution in [0.3, 0.4) is 0 Å². The number of ether oxygens (including phenoxy) is 1. The fourth-order valence-electron chi connectivity index (χ4n) is 4.66. The van der Waals surface area contributed by atoms with Gasteiger partial charge in [0.15, 0.2) is 5.76 Å². The lowest BCUT2D eigenvalue weighted by Crippen LogP contribution is -2.42. The molecule has 3 aromatic rings. The first-order chi connectivity index (χ1) is 15.0. The van der Waals surface area contributed by atoms with Crippen molar-refractivity contribution >= 4 is 5.91 Å². The highest BCUT2D eigenvalue weighted by Crippen LogP contribution is 2.38. The fourth-order valence-corrected chi connectivity index (χ4v) is 4.66. The van der Waals surface area contributed by atoms with Gasteiger partial charge in [-0.05, 0) is 61.1 Å². The van der Waals surface area contributed by atoms with Gasteiger partial charge in [0.1, 0.15) is 23.4 Å². The van der Waals surface area contributed by atoms with E-state index in [0.717, 1.165) is 0 Å². The number of aliphatic hydroxyl groups is 1. The maximum Gasteiger partial charge on any atom is 0.289 e. The number of aromatic nitrogens is 2. The second-order valence-corrected chi connectivity index (χ2v) is 8.38. The van der Waals surface area contributed by atoms with Gasteiger partial charge >= 0.3 is 0 Å². The van der Waals surface area contributed by atoms with Crippen LogP contribution in [0.25, 0.3) is 0 Å². The Balaban J connectivity index is 1.21. The molecule has 1 amide bonds. The summed E-state index contributed by atoms with van der Waals surface area (Å²) in [7, 11) is 0. The Morgan fingerprint density at radius 1 is 1.16 bits per heavy atom. The minimum absolute atomic E-state index is 0.128. The van der Waals surface area contributed by atoms with Gasteiger partial charge in [-0.3, -0.25) is 4.79 Å². The first-order valence-corrected chi connectivity index (χ1v) is 10.5. The number of aliphatic hydroxyl groups excluding tert-OH is 1. The van der Waals surface area contributed by atoms with E-state index in [4.69, 9.17) is 9.15 Å². The van der Waals surface area contributed by atoms with Gasteiger partial charge in [-0.15, -0.1) is 0 Å². The summed E-state index contributed by atoms with van der Waals surface area (Å²) in [4.78, 5) is 18.8. The molecule has 1 N–H and O–H groups in total. The van der Waals surface area contributed by atoms with E-state index in [0.29, 0.717) is 49.7 Å². The Kier molecular flexibility index (Phi) is 5.23. The molecule has 1 aromatic carbocycles. The molecule has 7 nitrogen and oxygen atoms in total. The van der Waals surface area contributed by atoms with Crippen molar-refractivity contribution in [1.82, 2.24) is 14.5 Å². The number of amides is 1. The summed E-state index contributed by atoms with van der Waals surface area (Å²) in [6, 6.07) is 9.34. The lowest BCUT2D eigenvalue weighted by Gasteiger charge is -2.35. The Bertz CT molecular complexity index is 1030. The van der Waals surface area contributed by atoms with Gasteiger partial charge in [-0.1, -0.05) is 0 Å². The van der Waals surface area contributed by atoms with Crippen LogP contribution >= 0.6 is 0 Å². The van der Waals surface area contributed by atoms with Crippen molar-refractivity contribution < 1.29 is 23.4 Å². The monoisotopic (exact) mass is 425 g/mol. The highest BCUT2D eigenvalue weighted by Gasteiger charge is 2.44. The predicted molar refractivity (Wildman–Crippen MR) is 109 cm³/mol. The molecule has 2 aliphatic rings. The quantitative estimate of drug-likeness (QED) is 0.680. The van der Waals surface area contributed by atoms with Crippen LogP contribution in [0.2, 0.25) is 0 Å². The number of imidazole rings is 1. The zero-order chi connectivity index (χ0) is 21.4. The van der Waals surface area contributed by atoms with Crippen molar-refractivity contribution in [2.75, 3.05) is 13.1 Å². The van der Waals surface area contributed by atoms with Crippen molar-refractivity contribution in [3.05, 3.63) is 72.5 Å². The van der Waals surface area contributed by atoms with Crippen LogP contribution in [-0.4, -0.2) is 50.8 Å². The number of benzene rings is 1. The summed E-state index contributed by atoms with van der Waals surface area (Å²) < 4.78 is 26.7. The van der Waals surface area contributed by atoms with E-state index in [9.17, 15) is 14.3 Å². The number of hydrogen-bond acceptors (Lipinski definition) is 5. The third-order valence-corrected chi connectivity index (χ3v) is 6.24. The predicted octanol–water partition coefficient (Wildman–Crippen LogP) is 2.95. The number of likely N-dealkylation sites (tertiary alicyclic amines) is 1. The average Bonchev–Trinajstić information content (AvgIpc) is 3.51. The summed E-state index contributed by atoms with van der Waals surface area (Å²) in [5, 5.41) is 10.6. The fraction of sp³-hybridized carbons (Fsp3) is 0.391. The molecule has 0 radical (unpaired) electrons. The average molecular weight is 425 g/mol. The van der Waals surface area contributed by atoms with Crippen LogP contribution in [0, 0.1) is 17.7 Å². The summed E-state index contributed by atoms with van der Waals surface area (Å²) in [5.41, 5.74) is 0. The molecule has 0 spiro atoms. The molecule has 0 bridgehead atoms. The van der Waals surface area contributed by atoms with Crippen LogP contribution < -0.4 is 4.74 Å². The maximum atomic E-state index is 13.1. The Morgan fingerprint density at radius 3 is 2.68 bits per heavy atom. The third-order valence-electron chi connectivity index (χ3n) is 6.24. The van der Waals surface area contributed by atoms with Crippen LogP contribution in [0.15, 0.2) is 59.5 Å². The summed E-state index contributed by atoms with van der Waals surface area (Å²) in [6.45, 7) is 1.73. The molecule has 3 heterocycles. The number of carbonyl (C=O) groups excluding carboxylic acids is 1. The molecule has 1 aliphatic carbocycles. The minimum atomic E-state index is -0.619. The number of halogens is 1. The normalized spacial score (nSPS) is 25.4. The van der Waals surface area contributed by atoms with E-state index in [-0.39, 0.29) is 29.7 Å². The lowest BCUT2D eigenvalue weighted by molar-refractivity contribution is -0.0231. The van der Waals surface area contributed by atoms with Gasteiger partial charge in [0.25, 0.3) is 5.91 Å². The van der Waals surface area contributed by atoms with Crippen LogP contribution in [-0.2, 0) is 6.54 Å². The number of nitrogens with zero attached hydrogens (tertiary/aromatic N) is 3. The van der Waals surface area contributed by atoms with Gasteiger partial charge in [0.05, 0.1) is 19.0 Å². The third kappa shape index (κ3) is 4.20. The molecule has 8 heteroatoms. The van der Waals surface area contributed by atoms with E-state index in [2.05, 4.69) is 4.98 Å². The van der Waals surface area contributed by atoms with Crippen LogP contribution in [0.1, 0.15) is 29.2 Å². The molecule has 4 atom stereocenters. The summed E-state index contributed by atoms with van der Waals surface area (Å²) >= 11 is 0. The number of carbonyl (C=O) groups is 1. The Morgan fingerprint density at radius 2 is 1.94 bits per heavy atom. The molecule has 5 rings (SSSR count). The van der Waals surface area contributed by atoms with Gasteiger partial charge < -0.3 is 23.7 Å². The molecule has 2 fully saturated rings. The SMILES string of the molecule is O=C(c1ccc(Cn2ccnc2)o1)N1C[C@H]2C[C@@H](Oc3ccc(F)cc3)[C@H](O)C[C@H]2C1. The van der Waals surface area contributed by atoms with E-state index >= 15 is 0 Å². The van der Waals surface area contributed by atoms with E-state index in [1.165, 1.54) is 12.1 Å². The van der Waals surface area contributed by atoms with E-state index in [1.807, 2.05) is 21.7 Å². The second-order valence-electron chi connectivity index (χ2n) is 8.38. The molecule has 31 heavy (non-hydrogen) atoms. The molecule has 0 unspecified atom stereocenters. The minimum Gasteiger partial charge on any atom is -0.488 e. The molecule has 1 aliphatic heterocycles. The number of fused-ring (bicyclic) bond motifs is 1. The largest absolute Gasteiger partial charge is 0.488 e. The first kappa shape index (κ1) is 19.8. The Labute approximate surface area is 179 Å². The van der Waals surface area contributed by atoms with Crippen molar-refractivity contribution in [3.8, 4) is 5.75 Å². The molecule has 1 saturated heterocycles. The molecule has 2 aromatic heterocycles. The van der Waals surface area contributed by atoms with Gasteiger partial charge in [0, 0.05) is 25.5 Å². The summed E-state index contributed by atoms with van der Waals surface area (Å²) in [6.07, 6.45) is 5.47. The highest BCUT2D eigenvalue weighted by molar-refractivity contribution is 5.91. The van der Waals surface area contributed by atoms with Gasteiger partial charge in [-0.25, -0.2) is 9.37 Å². The topological polar surface area (TPSA) is 80.7 Å². The van der Waals surface area contributed by atoms with Crippen molar-refractivity contribution in [2.45, 2.75) is 31.6 Å². The smallest absolute Gasteiger partial charge is 0.289 e. The molecular weight excluding hydrogens is 401 g/mol. The molecule has 162 valence electrons. The van der Waals surface area contributed by atoms with Gasteiger partial charge in [0.2, 0.25) is 0 Å². The van der Waals surface area contributed by atoms with Crippen molar-refractivity contribution in [3.63, 3.8) is 0 Å².